The minimum atomic E-state index is 0.277. The van der Waals surface area contributed by atoms with E-state index in [1.165, 1.54) is 25.7 Å². The minimum Gasteiger partial charge on any atom is -0.339 e. The van der Waals surface area contributed by atoms with Crippen LogP contribution in [0.2, 0.25) is 0 Å². The van der Waals surface area contributed by atoms with Crippen LogP contribution in [0, 0.1) is 0 Å². The van der Waals surface area contributed by atoms with E-state index in [1.807, 2.05) is 17.0 Å². The number of hydrogen-bond donors (Lipinski definition) is 0. The molecule has 0 bridgehead atoms. The molecule has 1 saturated heterocycles. The highest BCUT2D eigenvalue weighted by Gasteiger charge is 2.27. The van der Waals surface area contributed by atoms with Gasteiger partial charge in [-0.15, -0.1) is 11.8 Å². The van der Waals surface area contributed by atoms with E-state index in [4.69, 9.17) is 0 Å². The van der Waals surface area contributed by atoms with Crippen molar-refractivity contribution >= 4 is 33.6 Å². The normalized spacial score (nSPS) is 20.5. The van der Waals surface area contributed by atoms with E-state index in [2.05, 4.69) is 33.0 Å². The standard InChI is InChI=1S/C17H23BrN2OS/c18-14-5-7-16(8-6-14)22-13-17(21)20-11-9-19(10-12-20)15-3-1-2-4-15/h5-8,15H,1-4,9-13H2. The predicted molar refractivity (Wildman–Crippen MR) is 95.3 cm³/mol. The molecule has 1 aliphatic heterocycles. The van der Waals surface area contributed by atoms with Gasteiger partial charge >= 0.3 is 0 Å². The van der Waals surface area contributed by atoms with E-state index in [-0.39, 0.29) is 5.91 Å². The Kier molecular flexibility index (Phi) is 5.83. The van der Waals surface area contributed by atoms with Crippen molar-refractivity contribution < 1.29 is 4.79 Å². The molecule has 5 heteroatoms. The van der Waals surface area contributed by atoms with Crippen LogP contribution >= 0.6 is 27.7 Å². The Morgan fingerprint density at radius 2 is 1.73 bits per heavy atom. The third kappa shape index (κ3) is 4.27. The van der Waals surface area contributed by atoms with Gasteiger partial charge in [0.15, 0.2) is 0 Å². The molecule has 0 aromatic heterocycles. The smallest absolute Gasteiger partial charge is 0.233 e. The molecule has 1 aromatic rings. The van der Waals surface area contributed by atoms with Gasteiger partial charge in [-0.25, -0.2) is 0 Å². The fourth-order valence-electron chi connectivity index (χ4n) is 3.37. The molecule has 1 amide bonds. The van der Waals surface area contributed by atoms with E-state index >= 15 is 0 Å². The Morgan fingerprint density at radius 1 is 1.09 bits per heavy atom. The van der Waals surface area contributed by atoms with Crippen LogP contribution in [0.25, 0.3) is 0 Å². The summed E-state index contributed by atoms with van der Waals surface area (Å²) in [6.07, 6.45) is 5.47. The molecule has 1 heterocycles. The zero-order valence-corrected chi connectivity index (χ0v) is 15.2. The first-order valence-electron chi connectivity index (χ1n) is 8.12. The first-order valence-corrected chi connectivity index (χ1v) is 9.90. The molecule has 3 nitrogen and oxygen atoms in total. The van der Waals surface area contributed by atoms with Gasteiger partial charge in [-0.3, -0.25) is 9.69 Å². The Morgan fingerprint density at radius 3 is 2.36 bits per heavy atom. The van der Waals surface area contributed by atoms with Crippen molar-refractivity contribution in [2.24, 2.45) is 0 Å². The number of carbonyl (C=O) groups excluding carboxylic acids is 1. The van der Waals surface area contributed by atoms with Crippen molar-refractivity contribution in [3.05, 3.63) is 28.7 Å². The van der Waals surface area contributed by atoms with Crippen molar-refractivity contribution in [3.63, 3.8) is 0 Å². The molecule has 1 aliphatic carbocycles. The van der Waals surface area contributed by atoms with Crippen LogP contribution in [0.3, 0.4) is 0 Å². The maximum Gasteiger partial charge on any atom is 0.233 e. The largest absolute Gasteiger partial charge is 0.339 e. The fraction of sp³-hybridized carbons (Fsp3) is 0.588. The van der Waals surface area contributed by atoms with Gasteiger partial charge in [0.1, 0.15) is 0 Å². The van der Waals surface area contributed by atoms with Gasteiger partial charge in [0.25, 0.3) is 0 Å². The Bertz CT molecular complexity index is 494. The third-order valence-corrected chi connectivity index (χ3v) is 6.21. The topological polar surface area (TPSA) is 23.6 Å². The van der Waals surface area contributed by atoms with Crippen molar-refractivity contribution in [2.45, 2.75) is 36.6 Å². The number of piperazine rings is 1. The summed E-state index contributed by atoms with van der Waals surface area (Å²) < 4.78 is 1.08. The number of thioether (sulfide) groups is 1. The summed E-state index contributed by atoms with van der Waals surface area (Å²) in [5, 5.41) is 0. The van der Waals surface area contributed by atoms with Crippen LogP contribution in [0.4, 0.5) is 0 Å². The number of hydrogen-bond acceptors (Lipinski definition) is 3. The third-order valence-electron chi connectivity index (χ3n) is 4.68. The molecular formula is C17H23BrN2OS. The molecule has 0 atom stereocenters. The lowest BCUT2D eigenvalue weighted by Crippen LogP contribution is -2.51. The molecule has 1 aromatic carbocycles. The van der Waals surface area contributed by atoms with Crippen LogP contribution in [0.15, 0.2) is 33.6 Å². The van der Waals surface area contributed by atoms with Gasteiger partial charge in [0.05, 0.1) is 5.75 Å². The molecule has 0 spiro atoms. The van der Waals surface area contributed by atoms with Gasteiger partial charge in [0, 0.05) is 41.6 Å². The molecular weight excluding hydrogens is 360 g/mol. The summed E-state index contributed by atoms with van der Waals surface area (Å²) >= 11 is 5.06. The van der Waals surface area contributed by atoms with Crippen molar-refractivity contribution in [2.75, 3.05) is 31.9 Å². The Balaban J connectivity index is 1.42. The number of amides is 1. The van der Waals surface area contributed by atoms with Crippen LogP contribution in [-0.2, 0) is 4.79 Å². The van der Waals surface area contributed by atoms with E-state index in [0.29, 0.717) is 5.75 Å². The number of halogens is 1. The van der Waals surface area contributed by atoms with E-state index in [1.54, 1.807) is 11.8 Å². The lowest BCUT2D eigenvalue weighted by atomic mass is 10.2. The monoisotopic (exact) mass is 382 g/mol. The van der Waals surface area contributed by atoms with Gasteiger partial charge in [-0.2, -0.15) is 0 Å². The van der Waals surface area contributed by atoms with Crippen LogP contribution < -0.4 is 0 Å². The second-order valence-electron chi connectivity index (χ2n) is 6.10. The van der Waals surface area contributed by atoms with Gasteiger partial charge in [-0.05, 0) is 37.1 Å². The van der Waals surface area contributed by atoms with Crippen molar-refractivity contribution in [3.8, 4) is 0 Å². The summed E-state index contributed by atoms with van der Waals surface area (Å²) in [4.78, 5) is 18.1. The van der Waals surface area contributed by atoms with Crippen molar-refractivity contribution in [1.82, 2.24) is 9.80 Å². The highest BCUT2D eigenvalue weighted by Crippen LogP contribution is 2.25. The van der Waals surface area contributed by atoms with Crippen LogP contribution in [0.5, 0.6) is 0 Å². The lowest BCUT2D eigenvalue weighted by Gasteiger charge is -2.38. The second kappa shape index (κ2) is 7.84. The molecule has 120 valence electrons. The SMILES string of the molecule is O=C(CSc1ccc(Br)cc1)N1CCN(C2CCCC2)CC1. The summed E-state index contributed by atoms with van der Waals surface area (Å²) in [5.74, 6) is 0.824. The average Bonchev–Trinajstić information content (AvgIpc) is 3.09. The van der Waals surface area contributed by atoms with E-state index in [0.717, 1.165) is 41.6 Å². The van der Waals surface area contributed by atoms with E-state index in [9.17, 15) is 4.79 Å². The number of carbonyl (C=O) groups is 1. The predicted octanol–water partition coefficient (Wildman–Crippen LogP) is 3.63. The van der Waals surface area contributed by atoms with Gasteiger partial charge in [0.2, 0.25) is 5.91 Å². The quantitative estimate of drug-likeness (QED) is 0.742. The zero-order chi connectivity index (χ0) is 15.4. The molecule has 2 fully saturated rings. The highest BCUT2D eigenvalue weighted by molar-refractivity contribution is 9.10. The Hall–Kier alpha value is -0.520. The first kappa shape index (κ1) is 16.3. The molecule has 22 heavy (non-hydrogen) atoms. The summed E-state index contributed by atoms with van der Waals surface area (Å²) in [6.45, 7) is 3.91. The summed E-state index contributed by atoms with van der Waals surface area (Å²) in [6, 6.07) is 8.94. The average molecular weight is 383 g/mol. The number of rotatable bonds is 4. The summed E-state index contributed by atoms with van der Waals surface area (Å²) in [5.41, 5.74) is 0. The van der Waals surface area contributed by atoms with Gasteiger partial charge < -0.3 is 4.90 Å². The Labute approximate surface area is 145 Å². The zero-order valence-electron chi connectivity index (χ0n) is 12.8. The molecule has 0 radical (unpaired) electrons. The minimum absolute atomic E-state index is 0.277. The van der Waals surface area contributed by atoms with Crippen LogP contribution in [-0.4, -0.2) is 53.7 Å². The fourth-order valence-corrected chi connectivity index (χ4v) is 4.44. The van der Waals surface area contributed by atoms with Crippen molar-refractivity contribution in [1.29, 1.82) is 0 Å². The van der Waals surface area contributed by atoms with Crippen LogP contribution in [0.1, 0.15) is 25.7 Å². The maximum absolute atomic E-state index is 12.3. The lowest BCUT2D eigenvalue weighted by molar-refractivity contribution is -0.130. The molecule has 2 aliphatic rings. The highest BCUT2D eigenvalue weighted by atomic mass is 79.9. The van der Waals surface area contributed by atoms with E-state index < -0.39 is 0 Å². The number of benzene rings is 1. The van der Waals surface area contributed by atoms with Gasteiger partial charge in [-0.1, -0.05) is 28.8 Å². The first-order chi connectivity index (χ1) is 10.7. The summed E-state index contributed by atoms with van der Waals surface area (Å²) in [7, 11) is 0. The number of nitrogens with zero attached hydrogens (tertiary/aromatic N) is 2. The molecule has 1 saturated carbocycles. The second-order valence-corrected chi connectivity index (χ2v) is 8.06. The molecule has 0 N–H and O–H groups in total. The maximum atomic E-state index is 12.3. The molecule has 0 unspecified atom stereocenters. The molecule has 3 rings (SSSR count).